The van der Waals surface area contributed by atoms with Gasteiger partial charge in [0.25, 0.3) is 0 Å². The van der Waals surface area contributed by atoms with Crippen LogP contribution in [0.15, 0.2) is 24.3 Å². The molecule has 1 heterocycles. The van der Waals surface area contributed by atoms with E-state index in [0.717, 1.165) is 30.4 Å². The molecule has 3 rings (SSSR count). The fourth-order valence-corrected chi connectivity index (χ4v) is 4.72. The van der Waals surface area contributed by atoms with E-state index in [-0.39, 0.29) is 12.6 Å². The summed E-state index contributed by atoms with van der Waals surface area (Å²) in [7, 11) is -3.50. The summed E-state index contributed by atoms with van der Waals surface area (Å²) >= 11 is 0. The predicted molar refractivity (Wildman–Crippen MR) is 96.2 cm³/mol. The zero-order chi connectivity index (χ0) is 17.9. The second-order valence-electron chi connectivity index (χ2n) is 6.98. The number of piperidine rings is 1. The third-order valence-electron chi connectivity index (χ3n) is 5.29. The average Bonchev–Trinajstić information content (AvgIpc) is 2.56. The van der Waals surface area contributed by atoms with Crippen molar-refractivity contribution in [1.29, 1.82) is 0 Å². The minimum absolute atomic E-state index is 0.253. The van der Waals surface area contributed by atoms with Gasteiger partial charge in [0.15, 0.2) is 14.6 Å². The number of sulfone groups is 1. The lowest BCUT2D eigenvalue weighted by molar-refractivity contribution is -0.124. The van der Waals surface area contributed by atoms with Gasteiger partial charge in [-0.2, -0.15) is 0 Å². The van der Waals surface area contributed by atoms with Gasteiger partial charge in [-0.05, 0) is 51.3 Å². The van der Waals surface area contributed by atoms with Crippen molar-refractivity contribution in [1.82, 2.24) is 10.6 Å². The summed E-state index contributed by atoms with van der Waals surface area (Å²) in [6, 6.07) is 7.61. The molecule has 0 spiro atoms. The molecule has 0 aromatic heterocycles. The Hall–Kier alpha value is -1.60. The summed E-state index contributed by atoms with van der Waals surface area (Å²) in [6.07, 6.45) is 5.33. The first-order valence-corrected chi connectivity index (χ1v) is 10.7. The molecule has 6 nitrogen and oxygen atoms in total. The van der Waals surface area contributed by atoms with Crippen LogP contribution in [0.25, 0.3) is 0 Å². The highest BCUT2D eigenvalue weighted by atomic mass is 32.2. The molecule has 0 unspecified atom stereocenters. The van der Waals surface area contributed by atoms with E-state index in [4.69, 9.17) is 4.74 Å². The maximum Gasteiger partial charge on any atom is 0.241 e. The van der Waals surface area contributed by atoms with Gasteiger partial charge in [-0.15, -0.1) is 0 Å². The highest BCUT2D eigenvalue weighted by molar-refractivity contribution is 7.92. The molecular weight excluding hydrogens is 340 g/mol. The summed E-state index contributed by atoms with van der Waals surface area (Å²) in [5.41, 5.74) is 0.875. The van der Waals surface area contributed by atoms with Gasteiger partial charge in [0.2, 0.25) is 5.91 Å². The van der Waals surface area contributed by atoms with Gasteiger partial charge >= 0.3 is 0 Å². The van der Waals surface area contributed by atoms with Gasteiger partial charge in [-0.3, -0.25) is 4.79 Å². The van der Waals surface area contributed by atoms with Gasteiger partial charge in [-0.1, -0.05) is 18.2 Å². The number of hydrogen-bond donors (Lipinski definition) is 2. The number of amides is 1. The minimum Gasteiger partial charge on any atom is -0.490 e. The van der Waals surface area contributed by atoms with Gasteiger partial charge in [0.05, 0.1) is 6.10 Å². The van der Waals surface area contributed by atoms with Crippen LogP contribution in [0.5, 0.6) is 5.75 Å². The zero-order valence-electron chi connectivity index (χ0n) is 14.6. The van der Waals surface area contributed by atoms with Crippen molar-refractivity contribution < 1.29 is 17.9 Å². The first-order chi connectivity index (χ1) is 11.9. The maximum atomic E-state index is 12.8. The van der Waals surface area contributed by atoms with Crippen LogP contribution < -0.4 is 15.4 Å². The lowest BCUT2D eigenvalue weighted by atomic mass is 9.95. The Kier molecular flexibility index (Phi) is 5.34. The predicted octanol–water partition coefficient (Wildman–Crippen LogP) is 1.40. The van der Waals surface area contributed by atoms with E-state index in [1.165, 1.54) is 6.42 Å². The number of carbonyl (C=O) groups excluding carboxylic acids is 1. The summed E-state index contributed by atoms with van der Waals surface area (Å²) < 4.78 is 29.3. The lowest BCUT2D eigenvalue weighted by Gasteiger charge is -2.34. The van der Waals surface area contributed by atoms with E-state index in [0.29, 0.717) is 25.9 Å². The Morgan fingerprint density at radius 2 is 1.96 bits per heavy atom. The number of para-hydroxylation sites is 1. The van der Waals surface area contributed by atoms with Crippen molar-refractivity contribution in [2.45, 2.75) is 49.5 Å². The number of benzene rings is 1. The topological polar surface area (TPSA) is 84.5 Å². The molecule has 2 N–H and O–H groups in total. The Morgan fingerprint density at radius 1 is 1.28 bits per heavy atom. The quantitative estimate of drug-likeness (QED) is 0.795. The fourth-order valence-electron chi connectivity index (χ4n) is 3.37. The highest BCUT2D eigenvalue weighted by Gasteiger charge is 2.48. The number of nitrogens with one attached hydrogen (secondary N) is 2. The Bertz CT molecular complexity index is 722. The van der Waals surface area contributed by atoms with Gasteiger partial charge in [-0.25, -0.2) is 8.42 Å². The van der Waals surface area contributed by atoms with Crippen molar-refractivity contribution in [3.63, 3.8) is 0 Å². The summed E-state index contributed by atoms with van der Waals surface area (Å²) in [4.78, 5) is 12.8. The van der Waals surface area contributed by atoms with Crippen LogP contribution in [-0.2, 0) is 21.2 Å². The van der Waals surface area contributed by atoms with Crippen molar-refractivity contribution >= 4 is 15.7 Å². The smallest absolute Gasteiger partial charge is 0.241 e. The molecule has 1 amide bonds. The van der Waals surface area contributed by atoms with Gasteiger partial charge in [0, 0.05) is 18.4 Å². The summed E-state index contributed by atoms with van der Waals surface area (Å²) in [5.74, 6) is 0.362. The molecule has 138 valence electrons. The first kappa shape index (κ1) is 18.2. The van der Waals surface area contributed by atoms with Crippen molar-refractivity contribution in [2.24, 2.45) is 0 Å². The van der Waals surface area contributed by atoms with E-state index in [1.54, 1.807) is 0 Å². The normalized spacial score (nSPS) is 20.5. The van der Waals surface area contributed by atoms with Crippen LogP contribution in [0.4, 0.5) is 0 Å². The minimum atomic E-state index is -3.50. The van der Waals surface area contributed by atoms with Crippen molar-refractivity contribution in [3.8, 4) is 5.75 Å². The van der Waals surface area contributed by atoms with Gasteiger partial charge in [0.1, 0.15) is 5.75 Å². The monoisotopic (exact) mass is 366 g/mol. The largest absolute Gasteiger partial charge is 0.490 e. The zero-order valence-corrected chi connectivity index (χ0v) is 15.4. The molecule has 25 heavy (non-hydrogen) atoms. The van der Waals surface area contributed by atoms with E-state index >= 15 is 0 Å². The number of hydrogen-bond acceptors (Lipinski definition) is 5. The average molecular weight is 366 g/mol. The fraction of sp³-hybridized carbons (Fsp3) is 0.611. The number of rotatable bonds is 6. The van der Waals surface area contributed by atoms with E-state index < -0.39 is 20.5 Å². The molecule has 1 aliphatic carbocycles. The molecule has 0 atom stereocenters. The molecule has 0 radical (unpaired) electrons. The Morgan fingerprint density at radius 3 is 2.56 bits per heavy atom. The first-order valence-electron chi connectivity index (χ1n) is 8.85. The molecule has 7 heteroatoms. The van der Waals surface area contributed by atoms with Crippen LogP contribution in [-0.4, -0.2) is 44.5 Å². The standard InChI is InChI=1S/C18H26N2O4S/c1-25(22,23)18(9-11-19-12-10-18)17(21)20-13-14-5-2-3-8-16(14)24-15-6-4-7-15/h2-3,5,8,15,19H,4,6-7,9-13H2,1H3,(H,20,21). The van der Waals surface area contributed by atoms with E-state index in [9.17, 15) is 13.2 Å². The summed E-state index contributed by atoms with van der Waals surface area (Å²) in [5, 5.41) is 5.96. The molecule has 0 bridgehead atoms. The van der Waals surface area contributed by atoms with E-state index in [2.05, 4.69) is 10.6 Å². The summed E-state index contributed by atoms with van der Waals surface area (Å²) in [6.45, 7) is 1.33. The van der Waals surface area contributed by atoms with Gasteiger partial charge < -0.3 is 15.4 Å². The Balaban J connectivity index is 1.71. The van der Waals surface area contributed by atoms with E-state index in [1.807, 2.05) is 24.3 Å². The van der Waals surface area contributed by atoms with Crippen molar-refractivity contribution in [3.05, 3.63) is 29.8 Å². The van der Waals surface area contributed by atoms with Crippen LogP contribution in [0.2, 0.25) is 0 Å². The highest BCUT2D eigenvalue weighted by Crippen LogP contribution is 2.30. The molecule has 1 aromatic rings. The second-order valence-corrected chi connectivity index (χ2v) is 9.30. The third-order valence-corrected chi connectivity index (χ3v) is 7.31. The number of ether oxygens (including phenoxy) is 1. The van der Waals surface area contributed by atoms with Crippen LogP contribution in [0.3, 0.4) is 0 Å². The van der Waals surface area contributed by atoms with Crippen LogP contribution in [0.1, 0.15) is 37.7 Å². The Labute approximate surface area is 149 Å². The number of carbonyl (C=O) groups is 1. The molecule has 1 aliphatic heterocycles. The maximum absolute atomic E-state index is 12.8. The van der Waals surface area contributed by atoms with Crippen LogP contribution in [0, 0.1) is 0 Å². The van der Waals surface area contributed by atoms with Crippen molar-refractivity contribution in [2.75, 3.05) is 19.3 Å². The molecule has 1 aromatic carbocycles. The lowest BCUT2D eigenvalue weighted by Crippen LogP contribution is -2.57. The molecule has 2 fully saturated rings. The second kappa shape index (κ2) is 7.33. The SMILES string of the molecule is CS(=O)(=O)C1(C(=O)NCc2ccccc2OC2CCC2)CCNCC1. The molecule has 2 aliphatic rings. The molecular formula is C18H26N2O4S. The molecule has 1 saturated heterocycles. The molecule has 1 saturated carbocycles. The van der Waals surface area contributed by atoms with Crippen LogP contribution >= 0.6 is 0 Å². The third kappa shape index (κ3) is 3.82.